The van der Waals surface area contributed by atoms with E-state index in [2.05, 4.69) is 17.1 Å². The van der Waals surface area contributed by atoms with Gasteiger partial charge in [-0.15, -0.1) is 0 Å². The topological polar surface area (TPSA) is 49.4 Å². The summed E-state index contributed by atoms with van der Waals surface area (Å²) in [4.78, 5) is 2.44. The van der Waals surface area contributed by atoms with Crippen LogP contribution >= 0.6 is 0 Å². The van der Waals surface area contributed by atoms with E-state index in [1.54, 1.807) is 0 Å². The van der Waals surface area contributed by atoms with E-state index in [9.17, 15) is 8.42 Å². The Kier molecular flexibility index (Phi) is 4.44. The Morgan fingerprint density at radius 1 is 1.24 bits per heavy atom. The molecule has 0 aromatic heterocycles. The van der Waals surface area contributed by atoms with Crippen LogP contribution in [0.25, 0.3) is 0 Å². The van der Waals surface area contributed by atoms with Crippen LogP contribution in [0.5, 0.6) is 0 Å². The van der Waals surface area contributed by atoms with Gasteiger partial charge in [-0.2, -0.15) is 0 Å². The highest BCUT2D eigenvalue weighted by atomic mass is 32.2. The second kappa shape index (κ2) is 5.67. The van der Waals surface area contributed by atoms with Crippen LogP contribution in [0.4, 0.5) is 0 Å². The van der Waals surface area contributed by atoms with E-state index in [1.165, 1.54) is 19.4 Å². The van der Waals surface area contributed by atoms with Gasteiger partial charge in [0, 0.05) is 18.6 Å². The molecule has 2 fully saturated rings. The Hall–Kier alpha value is -0.130. The molecule has 0 spiro atoms. The van der Waals surface area contributed by atoms with Crippen LogP contribution in [0.1, 0.15) is 32.6 Å². The van der Waals surface area contributed by atoms with Gasteiger partial charge in [0.05, 0.1) is 11.5 Å². The fourth-order valence-corrected chi connectivity index (χ4v) is 4.62. The highest BCUT2D eigenvalue weighted by molar-refractivity contribution is 7.91. The van der Waals surface area contributed by atoms with Crippen molar-refractivity contribution in [3.05, 3.63) is 0 Å². The first-order valence-electron chi connectivity index (χ1n) is 6.78. The van der Waals surface area contributed by atoms with E-state index in [4.69, 9.17) is 0 Å². The first-order chi connectivity index (χ1) is 8.09. The Balaban J connectivity index is 1.84. The van der Waals surface area contributed by atoms with Crippen molar-refractivity contribution >= 4 is 9.84 Å². The molecule has 4 nitrogen and oxygen atoms in total. The van der Waals surface area contributed by atoms with Crippen LogP contribution in [0.2, 0.25) is 0 Å². The molecular weight excluding hydrogens is 236 g/mol. The first kappa shape index (κ1) is 13.3. The quantitative estimate of drug-likeness (QED) is 0.809. The Bertz CT molecular complexity index is 342. The van der Waals surface area contributed by atoms with Gasteiger partial charge in [-0.3, -0.25) is 0 Å². The molecular formula is C12H24N2O2S. The van der Waals surface area contributed by atoms with Gasteiger partial charge >= 0.3 is 0 Å². The Morgan fingerprint density at radius 3 is 2.71 bits per heavy atom. The summed E-state index contributed by atoms with van der Waals surface area (Å²) in [6.45, 7) is 5.55. The number of nitrogens with one attached hydrogen (secondary N) is 1. The second-order valence-electron chi connectivity index (χ2n) is 5.35. The van der Waals surface area contributed by atoms with E-state index < -0.39 is 9.84 Å². The minimum absolute atomic E-state index is 0.190. The third-order valence-corrected chi connectivity index (χ3v) is 5.71. The molecule has 2 aliphatic heterocycles. The Morgan fingerprint density at radius 2 is 2.00 bits per heavy atom. The van der Waals surface area contributed by atoms with Gasteiger partial charge in [-0.25, -0.2) is 8.42 Å². The average molecular weight is 260 g/mol. The minimum atomic E-state index is -2.78. The number of hydrogen-bond acceptors (Lipinski definition) is 4. The summed E-state index contributed by atoms with van der Waals surface area (Å²) in [5.74, 6) is 0.729. The lowest BCUT2D eigenvalue weighted by atomic mass is 10.0. The average Bonchev–Trinajstić information content (AvgIpc) is 2.28. The maximum Gasteiger partial charge on any atom is 0.151 e. The molecule has 0 amide bonds. The van der Waals surface area contributed by atoms with Gasteiger partial charge in [0.25, 0.3) is 0 Å². The highest BCUT2D eigenvalue weighted by Crippen LogP contribution is 2.16. The predicted octanol–water partition coefficient (Wildman–Crippen LogP) is 0.638. The van der Waals surface area contributed by atoms with E-state index >= 15 is 0 Å². The molecule has 0 saturated carbocycles. The molecule has 2 atom stereocenters. The lowest BCUT2D eigenvalue weighted by Crippen LogP contribution is -2.51. The maximum absolute atomic E-state index is 11.6. The van der Waals surface area contributed by atoms with Gasteiger partial charge in [0.15, 0.2) is 9.84 Å². The van der Waals surface area contributed by atoms with Crippen LogP contribution in [-0.4, -0.2) is 56.5 Å². The maximum atomic E-state index is 11.6. The molecule has 5 heteroatoms. The standard InChI is InChI=1S/C12H24N2O2S/c1-2-14-7-3-5-11(9-14)13-12-6-4-8-17(15,16)10-12/h11-13H,2-10H2,1H3. The molecule has 2 rings (SSSR count). The van der Waals surface area contributed by atoms with Crippen LogP contribution < -0.4 is 5.32 Å². The minimum Gasteiger partial charge on any atom is -0.309 e. The van der Waals surface area contributed by atoms with Gasteiger partial charge in [-0.05, 0) is 38.8 Å². The Labute approximate surface area is 105 Å². The number of piperidine rings is 1. The summed E-state index contributed by atoms with van der Waals surface area (Å²) in [6, 6.07) is 0.678. The van der Waals surface area contributed by atoms with E-state index in [-0.39, 0.29) is 6.04 Å². The van der Waals surface area contributed by atoms with Crippen LogP contribution in [0, 0.1) is 0 Å². The molecule has 2 unspecified atom stereocenters. The van der Waals surface area contributed by atoms with E-state index in [1.807, 2.05) is 0 Å². The number of hydrogen-bond donors (Lipinski definition) is 1. The van der Waals surface area contributed by atoms with Gasteiger partial charge in [0.2, 0.25) is 0 Å². The van der Waals surface area contributed by atoms with Crippen LogP contribution in [-0.2, 0) is 9.84 Å². The lowest BCUT2D eigenvalue weighted by molar-refractivity contribution is 0.190. The molecule has 0 aromatic carbocycles. The van der Waals surface area contributed by atoms with Gasteiger partial charge in [-0.1, -0.05) is 6.92 Å². The molecule has 100 valence electrons. The van der Waals surface area contributed by atoms with Crippen molar-refractivity contribution in [2.75, 3.05) is 31.1 Å². The van der Waals surface area contributed by atoms with Crippen LogP contribution in [0.15, 0.2) is 0 Å². The molecule has 2 aliphatic rings. The molecule has 1 N–H and O–H groups in total. The molecule has 0 radical (unpaired) electrons. The molecule has 0 aliphatic carbocycles. The number of nitrogens with zero attached hydrogens (tertiary/aromatic N) is 1. The van der Waals surface area contributed by atoms with Crippen molar-refractivity contribution in [3.8, 4) is 0 Å². The fraction of sp³-hybridized carbons (Fsp3) is 1.00. The molecule has 2 heterocycles. The van der Waals surface area contributed by atoms with E-state index in [0.29, 0.717) is 17.5 Å². The molecule has 17 heavy (non-hydrogen) atoms. The summed E-state index contributed by atoms with van der Waals surface area (Å²) in [5.41, 5.74) is 0. The number of sulfone groups is 1. The zero-order chi connectivity index (χ0) is 12.3. The van der Waals surface area contributed by atoms with Crippen molar-refractivity contribution in [1.29, 1.82) is 0 Å². The third-order valence-electron chi connectivity index (χ3n) is 3.89. The first-order valence-corrected chi connectivity index (χ1v) is 8.60. The summed E-state index contributed by atoms with van der Waals surface area (Å²) in [6.07, 6.45) is 4.25. The fourth-order valence-electron chi connectivity index (χ4n) is 2.97. The zero-order valence-corrected chi connectivity index (χ0v) is 11.5. The number of rotatable bonds is 3. The van der Waals surface area contributed by atoms with Gasteiger partial charge < -0.3 is 10.2 Å². The van der Waals surface area contributed by atoms with Crippen molar-refractivity contribution in [3.63, 3.8) is 0 Å². The lowest BCUT2D eigenvalue weighted by Gasteiger charge is -2.35. The zero-order valence-electron chi connectivity index (χ0n) is 10.7. The summed E-state index contributed by atoms with van der Waals surface area (Å²) in [7, 11) is -2.78. The number of likely N-dealkylation sites (N-methyl/N-ethyl adjacent to an activating group) is 1. The smallest absolute Gasteiger partial charge is 0.151 e. The van der Waals surface area contributed by atoms with Crippen molar-refractivity contribution in [1.82, 2.24) is 10.2 Å². The summed E-state index contributed by atoms with van der Waals surface area (Å²) >= 11 is 0. The predicted molar refractivity (Wildman–Crippen MR) is 69.9 cm³/mol. The number of likely N-dealkylation sites (tertiary alicyclic amines) is 1. The van der Waals surface area contributed by atoms with Crippen molar-refractivity contribution in [2.24, 2.45) is 0 Å². The van der Waals surface area contributed by atoms with Crippen molar-refractivity contribution in [2.45, 2.75) is 44.7 Å². The third kappa shape index (κ3) is 3.93. The summed E-state index contributed by atoms with van der Waals surface area (Å²) < 4.78 is 23.1. The second-order valence-corrected chi connectivity index (χ2v) is 7.58. The largest absolute Gasteiger partial charge is 0.309 e. The SMILES string of the molecule is CCN1CCCC(NC2CCCS(=O)(=O)C2)C1. The summed E-state index contributed by atoms with van der Waals surface area (Å²) in [5, 5.41) is 3.56. The van der Waals surface area contributed by atoms with E-state index in [0.717, 1.165) is 25.9 Å². The van der Waals surface area contributed by atoms with Crippen LogP contribution in [0.3, 0.4) is 0 Å². The molecule has 2 saturated heterocycles. The van der Waals surface area contributed by atoms with Crippen molar-refractivity contribution < 1.29 is 8.42 Å². The molecule has 0 aromatic rings. The monoisotopic (exact) mass is 260 g/mol. The normalized spacial score (nSPS) is 34.6. The van der Waals surface area contributed by atoms with Gasteiger partial charge in [0.1, 0.15) is 0 Å². The highest BCUT2D eigenvalue weighted by Gasteiger charge is 2.27. The molecule has 0 bridgehead atoms.